The van der Waals surface area contributed by atoms with Gasteiger partial charge in [-0.2, -0.15) is 0 Å². The average molecular weight is 309 g/mol. The second-order valence-electron chi connectivity index (χ2n) is 1.68. The molecular formula is C4H8BrK2O4P. The molecule has 8 heteroatoms. The summed E-state index contributed by atoms with van der Waals surface area (Å²) in [6.45, 7) is -0.00409. The minimum atomic E-state index is -4.72. The summed E-state index contributed by atoms with van der Waals surface area (Å²) >= 11 is 3.15. The summed E-state index contributed by atoms with van der Waals surface area (Å²) in [6.07, 6.45) is 1.39. The van der Waals surface area contributed by atoms with Gasteiger partial charge in [0.1, 0.15) is 0 Å². The molecule has 0 aromatic heterocycles. The van der Waals surface area contributed by atoms with Gasteiger partial charge in [0.05, 0.1) is 14.4 Å². The molecule has 0 atom stereocenters. The molecule has 0 saturated carbocycles. The summed E-state index contributed by atoms with van der Waals surface area (Å²) in [4.78, 5) is 19.7. The molecule has 0 aromatic rings. The fourth-order valence-electron chi connectivity index (χ4n) is 0.373. The fourth-order valence-corrected chi connectivity index (χ4v) is 1.12. The Labute approximate surface area is 166 Å². The molecule has 0 unspecified atom stereocenters. The largest absolute Gasteiger partial charge is 1.00 e. The molecule has 0 amide bonds. The molecule has 0 rings (SSSR count). The smallest absolute Gasteiger partial charge is 0.790 e. The number of unbranched alkanes of at least 4 members (excludes halogenated alkanes) is 1. The summed E-state index contributed by atoms with van der Waals surface area (Å²) in [5, 5.41) is 0.790. The molecule has 0 aliphatic carbocycles. The van der Waals surface area contributed by atoms with Crippen LogP contribution in [0.4, 0.5) is 0 Å². The Morgan fingerprint density at radius 3 is 2.08 bits per heavy atom. The Balaban J connectivity index is -0.000000405. The zero-order chi connectivity index (χ0) is 8.04. The van der Waals surface area contributed by atoms with Crippen molar-refractivity contribution in [2.45, 2.75) is 12.8 Å². The van der Waals surface area contributed by atoms with Gasteiger partial charge in [0, 0.05) is 5.33 Å². The van der Waals surface area contributed by atoms with Crippen LogP contribution in [0.15, 0.2) is 0 Å². The Kier molecular flexibility index (Phi) is 22.8. The SMILES string of the molecule is O=P([O-])([O-])OCCCCBr.[K+].[K+]. The molecule has 62 valence electrons. The first-order valence-corrected chi connectivity index (χ1v) is 5.37. The van der Waals surface area contributed by atoms with Gasteiger partial charge in [-0.3, -0.25) is 0 Å². The molecule has 4 nitrogen and oxygen atoms in total. The summed E-state index contributed by atoms with van der Waals surface area (Å²) in [5.41, 5.74) is 0. The van der Waals surface area contributed by atoms with E-state index in [0.717, 1.165) is 11.8 Å². The van der Waals surface area contributed by atoms with Crippen molar-refractivity contribution in [3.63, 3.8) is 0 Å². The predicted octanol–water partition coefficient (Wildman–Crippen LogP) is -5.99. The standard InChI is InChI=1S/C4H10BrO4P.2K/c5-3-1-2-4-9-10(6,7)8;;/h1-4H2,(H2,6,7,8);;/q;2*+1/p-2. The first-order chi connectivity index (χ1) is 4.56. The minimum Gasteiger partial charge on any atom is -0.790 e. The van der Waals surface area contributed by atoms with E-state index in [0.29, 0.717) is 6.42 Å². The maximum absolute atomic E-state index is 9.83. The van der Waals surface area contributed by atoms with Gasteiger partial charge in [0.2, 0.25) is 0 Å². The van der Waals surface area contributed by atoms with E-state index in [1.54, 1.807) is 0 Å². The van der Waals surface area contributed by atoms with Crippen molar-refractivity contribution in [3.05, 3.63) is 0 Å². The summed E-state index contributed by atoms with van der Waals surface area (Å²) < 4.78 is 13.8. The second kappa shape index (κ2) is 12.9. The molecule has 0 spiro atoms. The van der Waals surface area contributed by atoms with Crippen LogP contribution in [-0.4, -0.2) is 11.9 Å². The first-order valence-electron chi connectivity index (χ1n) is 2.79. The van der Waals surface area contributed by atoms with Gasteiger partial charge in [-0.05, 0) is 12.8 Å². The van der Waals surface area contributed by atoms with Crippen LogP contribution < -0.4 is 113 Å². The zero-order valence-electron chi connectivity index (χ0n) is 7.29. The molecule has 0 aliphatic rings. The van der Waals surface area contributed by atoms with E-state index in [-0.39, 0.29) is 109 Å². The van der Waals surface area contributed by atoms with Gasteiger partial charge < -0.3 is 18.9 Å². The van der Waals surface area contributed by atoms with Crippen molar-refractivity contribution in [2.24, 2.45) is 0 Å². The van der Waals surface area contributed by atoms with Crippen LogP contribution >= 0.6 is 23.8 Å². The van der Waals surface area contributed by atoms with Crippen LogP contribution in [0.25, 0.3) is 0 Å². The Morgan fingerprint density at radius 2 is 1.75 bits per heavy atom. The van der Waals surface area contributed by atoms with E-state index >= 15 is 0 Å². The second-order valence-corrected chi connectivity index (χ2v) is 3.62. The number of phosphoric ester groups is 1. The number of halogens is 1. The Hall–Kier alpha value is 3.86. The van der Waals surface area contributed by atoms with E-state index in [1.807, 2.05) is 0 Å². The van der Waals surface area contributed by atoms with E-state index < -0.39 is 7.82 Å². The summed E-state index contributed by atoms with van der Waals surface area (Å²) in [7, 11) is -4.72. The van der Waals surface area contributed by atoms with Gasteiger partial charge in [0.15, 0.2) is 0 Å². The van der Waals surface area contributed by atoms with E-state index in [1.165, 1.54) is 0 Å². The van der Waals surface area contributed by atoms with Crippen molar-refractivity contribution >= 4 is 23.8 Å². The molecule has 12 heavy (non-hydrogen) atoms. The predicted molar refractivity (Wildman–Crippen MR) is 36.6 cm³/mol. The molecule has 0 fully saturated rings. The normalized spacial score (nSPS) is 9.92. The van der Waals surface area contributed by atoms with Gasteiger partial charge in [-0.1, -0.05) is 15.9 Å². The fraction of sp³-hybridized carbons (Fsp3) is 1.00. The molecule has 0 aromatic carbocycles. The first kappa shape index (κ1) is 21.2. The number of rotatable bonds is 5. The Morgan fingerprint density at radius 1 is 1.25 bits per heavy atom. The van der Waals surface area contributed by atoms with Crippen molar-refractivity contribution in [1.82, 2.24) is 0 Å². The molecule has 0 radical (unpaired) electrons. The van der Waals surface area contributed by atoms with Gasteiger partial charge in [-0.25, -0.2) is 0 Å². The number of hydrogen-bond donors (Lipinski definition) is 0. The van der Waals surface area contributed by atoms with Gasteiger partial charge in [0.25, 0.3) is 0 Å². The maximum atomic E-state index is 9.83. The molecule has 0 saturated heterocycles. The molecule has 0 heterocycles. The van der Waals surface area contributed by atoms with Crippen LogP contribution in [-0.2, 0) is 9.09 Å². The van der Waals surface area contributed by atoms with E-state index in [4.69, 9.17) is 0 Å². The molecule has 0 aliphatic heterocycles. The van der Waals surface area contributed by atoms with Crippen molar-refractivity contribution in [2.75, 3.05) is 11.9 Å². The Bertz CT molecular complexity index is 130. The summed E-state index contributed by atoms with van der Waals surface area (Å²) in [5.74, 6) is 0. The van der Waals surface area contributed by atoms with Crippen LogP contribution in [0.2, 0.25) is 0 Å². The van der Waals surface area contributed by atoms with Crippen LogP contribution in [0.1, 0.15) is 12.8 Å². The van der Waals surface area contributed by atoms with Crippen LogP contribution in [0.3, 0.4) is 0 Å². The van der Waals surface area contributed by atoms with E-state index in [2.05, 4.69) is 20.5 Å². The van der Waals surface area contributed by atoms with Gasteiger partial charge >= 0.3 is 103 Å². The third-order valence-electron chi connectivity index (χ3n) is 0.777. The van der Waals surface area contributed by atoms with Crippen LogP contribution in [0, 0.1) is 0 Å². The van der Waals surface area contributed by atoms with Crippen molar-refractivity contribution < 1.29 is 122 Å². The molecular weight excluding hydrogens is 301 g/mol. The molecule has 0 bridgehead atoms. The van der Waals surface area contributed by atoms with E-state index in [9.17, 15) is 14.4 Å². The third-order valence-corrected chi connectivity index (χ3v) is 1.84. The zero-order valence-corrected chi connectivity index (χ0v) is 16.0. The van der Waals surface area contributed by atoms with Crippen molar-refractivity contribution in [3.8, 4) is 0 Å². The average Bonchev–Trinajstić information content (AvgIpc) is 1.78. The topological polar surface area (TPSA) is 72.4 Å². The quantitative estimate of drug-likeness (QED) is 0.219. The molecule has 0 N–H and O–H groups in total. The van der Waals surface area contributed by atoms with Gasteiger partial charge in [-0.15, -0.1) is 0 Å². The number of hydrogen-bond acceptors (Lipinski definition) is 4. The third kappa shape index (κ3) is 19.4. The van der Waals surface area contributed by atoms with Crippen LogP contribution in [0.5, 0.6) is 0 Å². The monoisotopic (exact) mass is 308 g/mol. The van der Waals surface area contributed by atoms with Crippen molar-refractivity contribution in [1.29, 1.82) is 0 Å². The maximum Gasteiger partial charge on any atom is 1.00 e. The number of phosphoric acid groups is 1. The summed E-state index contributed by atoms with van der Waals surface area (Å²) in [6, 6.07) is 0. The number of alkyl halides is 1. The minimum absolute atomic E-state index is 0.